The van der Waals surface area contributed by atoms with Gasteiger partial charge in [0.1, 0.15) is 11.5 Å². The Labute approximate surface area is 192 Å². The van der Waals surface area contributed by atoms with Gasteiger partial charge in [-0.2, -0.15) is 0 Å². The summed E-state index contributed by atoms with van der Waals surface area (Å²) in [7, 11) is -0.813. The van der Waals surface area contributed by atoms with Crippen LogP contribution in [-0.4, -0.2) is 28.5 Å². The van der Waals surface area contributed by atoms with Crippen molar-refractivity contribution in [2.45, 2.75) is 4.90 Å². The molecule has 0 unspecified atom stereocenters. The van der Waals surface area contributed by atoms with Crippen LogP contribution in [-0.2, 0) is 10.0 Å². The highest BCUT2D eigenvalue weighted by atomic mass is 32.2. The number of nitrogens with one attached hydrogen (secondary N) is 2. The monoisotopic (exact) mass is 462 g/mol. The Morgan fingerprint density at radius 3 is 2.15 bits per heavy atom. The number of carbonyl (C=O) groups excluding carboxylic acids is 1. The van der Waals surface area contributed by atoms with Crippen LogP contribution in [0.4, 0.5) is 11.4 Å². The first-order valence-electron chi connectivity index (χ1n) is 10.1. The molecule has 0 heterocycles. The van der Waals surface area contributed by atoms with Crippen LogP contribution < -0.4 is 19.5 Å². The van der Waals surface area contributed by atoms with Gasteiger partial charge in [0, 0.05) is 27.7 Å². The SMILES string of the molecule is COc1ccc(NS(=O)(=O)c2ccc(NC(=O)c3cccc(OC)c3)c3ccccc23)cc1. The summed E-state index contributed by atoms with van der Waals surface area (Å²) in [6.07, 6.45) is 0. The van der Waals surface area contributed by atoms with Gasteiger partial charge in [0.15, 0.2) is 0 Å². The molecule has 0 aromatic heterocycles. The highest BCUT2D eigenvalue weighted by Crippen LogP contribution is 2.31. The molecule has 0 spiro atoms. The van der Waals surface area contributed by atoms with Gasteiger partial charge in [0.25, 0.3) is 15.9 Å². The van der Waals surface area contributed by atoms with E-state index in [0.717, 1.165) is 0 Å². The van der Waals surface area contributed by atoms with Crippen LogP contribution in [0, 0.1) is 0 Å². The zero-order valence-electron chi connectivity index (χ0n) is 18.0. The van der Waals surface area contributed by atoms with Crippen LogP contribution in [0.3, 0.4) is 0 Å². The standard InChI is InChI=1S/C25H22N2O5S/c1-31-19-12-10-18(11-13-19)27-33(29,30)24-15-14-23(21-8-3-4-9-22(21)24)26-25(28)17-6-5-7-20(16-17)32-2/h3-16,27H,1-2H3,(H,26,28). The van der Waals surface area contributed by atoms with Gasteiger partial charge in [-0.05, 0) is 54.6 Å². The number of fused-ring (bicyclic) bond motifs is 1. The fourth-order valence-corrected chi connectivity index (χ4v) is 4.71. The molecular weight excluding hydrogens is 440 g/mol. The zero-order valence-corrected chi connectivity index (χ0v) is 18.8. The lowest BCUT2D eigenvalue weighted by Crippen LogP contribution is -2.15. The van der Waals surface area contributed by atoms with Gasteiger partial charge in [-0.25, -0.2) is 8.42 Å². The van der Waals surface area contributed by atoms with Crippen LogP contribution in [0.2, 0.25) is 0 Å². The number of carbonyl (C=O) groups is 1. The van der Waals surface area contributed by atoms with E-state index in [2.05, 4.69) is 10.0 Å². The summed E-state index contributed by atoms with van der Waals surface area (Å²) in [6, 6.07) is 23.5. The van der Waals surface area contributed by atoms with Gasteiger partial charge < -0.3 is 14.8 Å². The molecule has 33 heavy (non-hydrogen) atoms. The quantitative estimate of drug-likeness (QED) is 0.407. The van der Waals surface area contributed by atoms with Crippen LogP contribution >= 0.6 is 0 Å². The Kier molecular flexibility index (Phi) is 6.19. The molecule has 0 atom stereocenters. The Balaban J connectivity index is 1.67. The van der Waals surface area contributed by atoms with E-state index in [1.54, 1.807) is 86.0 Å². The van der Waals surface area contributed by atoms with Crippen molar-refractivity contribution in [1.82, 2.24) is 0 Å². The highest BCUT2D eigenvalue weighted by Gasteiger charge is 2.20. The lowest BCUT2D eigenvalue weighted by molar-refractivity contribution is 0.102. The van der Waals surface area contributed by atoms with Crippen molar-refractivity contribution >= 4 is 38.1 Å². The lowest BCUT2D eigenvalue weighted by atomic mass is 10.1. The molecule has 0 saturated carbocycles. The molecule has 4 aromatic rings. The summed E-state index contributed by atoms with van der Waals surface area (Å²) in [5.41, 5.74) is 1.34. The number of sulfonamides is 1. The summed E-state index contributed by atoms with van der Waals surface area (Å²) < 4.78 is 39.2. The van der Waals surface area contributed by atoms with Crippen LogP contribution in [0.5, 0.6) is 11.5 Å². The van der Waals surface area contributed by atoms with Crippen LogP contribution in [0.25, 0.3) is 10.8 Å². The van der Waals surface area contributed by atoms with E-state index < -0.39 is 10.0 Å². The zero-order chi connectivity index (χ0) is 23.4. The molecule has 168 valence electrons. The third-order valence-corrected chi connectivity index (χ3v) is 6.54. The average molecular weight is 463 g/mol. The maximum Gasteiger partial charge on any atom is 0.262 e. The molecule has 0 aliphatic rings. The van der Waals surface area contributed by atoms with E-state index in [4.69, 9.17) is 9.47 Å². The fraction of sp³-hybridized carbons (Fsp3) is 0.0800. The first-order chi connectivity index (χ1) is 15.9. The van der Waals surface area contributed by atoms with E-state index in [-0.39, 0.29) is 10.8 Å². The second kappa shape index (κ2) is 9.22. The van der Waals surface area contributed by atoms with Crippen molar-refractivity contribution in [1.29, 1.82) is 0 Å². The number of anilines is 2. The number of ether oxygens (including phenoxy) is 2. The Hall–Kier alpha value is -4.04. The normalized spacial score (nSPS) is 11.1. The van der Waals surface area contributed by atoms with E-state index in [9.17, 15) is 13.2 Å². The van der Waals surface area contributed by atoms with Crippen LogP contribution in [0.15, 0.2) is 89.8 Å². The predicted molar refractivity (Wildman–Crippen MR) is 129 cm³/mol. The summed E-state index contributed by atoms with van der Waals surface area (Å²) in [5.74, 6) is 0.865. The van der Waals surface area contributed by atoms with Crippen molar-refractivity contribution in [3.05, 3.63) is 90.5 Å². The molecule has 7 nitrogen and oxygen atoms in total. The van der Waals surface area contributed by atoms with E-state index >= 15 is 0 Å². The number of amides is 1. The average Bonchev–Trinajstić information content (AvgIpc) is 2.84. The number of rotatable bonds is 7. The molecule has 2 N–H and O–H groups in total. The van der Waals surface area contributed by atoms with Gasteiger partial charge in [0.2, 0.25) is 0 Å². The topological polar surface area (TPSA) is 93.7 Å². The summed E-state index contributed by atoms with van der Waals surface area (Å²) in [4.78, 5) is 12.9. The molecule has 1 amide bonds. The van der Waals surface area contributed by atoms with Crippen molar-refractivity contribution in [3.63, 3.8) is 0 Å². The molecule has 0 aliphatic carbocycles. The van der Waals surface area contributed by atoms with Gasteiger partial charge >= 0.3 is 0 Å². The van der Waals surface area contributed by atoms with Gasteiger partial charge in [-0.3, -0.25) is 9.52 Å². The second-order valence-electron chi connectivity index (χ2n) is 7.18. The van der Waals surface area contributed by atoms with Crippen molar-refractivity contribution in [2.75, 3.05) is 24.3 Å². The van der Waals surface area contributed by atoms with E-state index in [1.807, 2.05) is 0 Å². The largest absolute Gasteiger partial charge is 0.497 e. The molecule has 0 saturated heterocycles. The summed E-state index contributed by atoms with van der Waals surface area (Å²) in [6.45, 7) is 0. The molecular formula is C25H22N2O5S. The second-order valence-corrected chi connectivity index (χ2v) is 8.83. The Morgan fingerprint density at radius 1 is 0.758 bits per heavy atom. The van der Waals surface area contributed by atoms with Gasteiger partial charge in [-0.15, -0.1) is 0 Å². The summed E-state index contributed by atoms with van der Waals surface area (Å²) in [5, 5.41) is 3.96. The van der Waals surface area contributed by atoms with Gasteiger partial charge in [0.05, 0.1) is 19.1 Å². The Morgan fingerprint density at radius 2 is 1.45 bits per heavy atom. The molecule has 0 fully saturated rings. The third kappa shape index (κ3) is 4.75. The first-order valence-corrected chi connectivity index (χ1v) is 11.5. The molecule has 8 heteroatoms. The van der Waals surface area contributed by atoms with Crippen molar-refractivity contribution in [3.8, 4) is 11.5 Å². The van der Waals surface area contributed by atoms with E-state index in [1.165, 1.54) is 13.2 Å². The number of benzene rings is 4. The maximum atomic E-state index is 13.2. The Bertz CT molecular complexity index is 1420. The molecule has 4 rings (SSSR count). The first kappa shape index (κ1) is 22.2. The smallest absolute Gasteiger partial charge is 0.262 e. The number of hydrogen-bond acceptors (Lipinski definition) is 5. The minimum absolute atomic E-state index is 0.105. The fourth-order valence-electron chi connectivity index (χ4n) is 3.44. The van der Waals surface area contributed by atoms with Crippen molar-refractivity contribution in [2.24, 2.45) is 0 Å². The highest BCUT2D eigenvalue weighted by molar-refractivity contribution is 7.93. The minimum atomic E-state index is -3.89. The predicted octanol–water partition coefficient (Wildman–Crippen LogP) is 4.91. The minimum Gasteiger partial charge on any atom is -0.497 e. The molecule has 4 aromatic carbocycles. The lowest BCUT2D eigenvalue weighted by Gasteiger charge is -2.14. The number of methoxy groups -OCH3 is 2. The number of hydrogen-bond donors (Lipinski definition) is 2. The molecule has 0 aliphatic heterocycles. The van der Waals surface area contributed by atoms with E-state index in [0.29, 0.717) is 39.2 Å². The molecule has 0 bridgehead atoms. The summed E-state index contributed by atoms with van der Waals surface area (Å²) >= 11 is 0. The van der Waals surface area contributed by atoms with Crippen molar-refractivity contribution < 1.29 is 22.7 Å². The van der Waals surface area contributed by atoms with Gasteiger partial charge in [-0.1, -0.05) is 30.3 Å². The maximum absolute atomic E-state index is 13.2. The molecule has 0 radical (unpaired) electrons. The van der Waals surface area contributed by atoms with Crippen LogP contribution in [0.1, 0.15) is 10.4 Å². The third-order valence-electron chi connectivity index (χ3n) is 5.10.